The molecule has 1 saturated heterocycles. The average molecular weight is 255 g/mol. The van der Waals surface area contributed by atoms with E-state index in [1.807, 2.05) is 0 Å². The summed E-state index contributed by atoms with van der Waals surface area (Å²) in [4.78, 5) is 25.3. The van der Waals surface area contributed by atoms with E-state index in [1.165, 1.54) is 0 Å². The van der Waals surface area contributed by atoms with E-state index in [0.29, 0.717) is 19.6 Å². The molecule has 0 N–H and O–H groups in total. The van der Waals surface area contributed by atoms with Crippen molar-refractivity contribution in [3.05, 3.63) is 0 Å². The third-order valence-corrected chi connectivity index (χ3v) is 3.32. The molecular weight excluding hydrogens is 230 g/mol. The molecule has 0 radical (unpaired) electrons. The Morgan fingerprint density at radius 2 is 2.00 bits per heavy atom. The first-order chi connectivity index (χ1) is 8.69. The van der Waals surface area contributed by atoms with Crippen molar-refractivity contribution in [3.63, 3.8) is 0 Å². The first-order valence-electron chi connectivity index (χ1n) is 7.13. The fraction of sp³-hybridized carbons (Fsp3) is 0.857. The van der Waals surface area contributed by atoms with E-state index in [0.717, 1.165) is 38.6 Å². The first-order valence-corrected chi connectivity index (χ1v) is 7.13. The molecule has 1 amide bonds. The summed E-state index contributed by atoms with van der Waals surface area (Å²) >= 11 is 0. The number of esters is 1. The quantitative estimate of drug-likeness (QED) is 0.494. The Bertz CT molecular complexity index is 278. The van der Waals surface area contributed by atoms with Gasteiger partial charge in [0.1, 0.15) is 0 Å². The van der Waals surface area contributed by atoms with Crippen LogP contribution in [-0.4, -0.2) is 36.5 Å². The number of carbonyl (C=O) groups excluding carboxylic acids is 2. The molecule has 1 heterocycles. The average Bonchev–Trinajstić information content (AvgIpc) is 2.73. The predicted octanol–water partition coefficient (Wildman–Crippen LogP) is 2.37. The minimum atomic E-state index is -0.240. The van der Waals surface area contributed by atoms with Gasteiger partial charge in [0.15, 0.2) is 0 Å². The molecule has 1 rings (SSSR count). The van der Waals surface area contributed by atoms with Crippen LogP contribution in [-0.2, 0) is 14.3 Å². The highest BCUT2D eigenvalue weighted by Gasteiger charge is 2.34. The van der Waals surface area contributed by atoms with Gasteiger partial charge in [0.25, 0.3) is 0 Å². The van der Waals surface area contributed by atoms with Gasteiger partial charge < -0.3 is 9.64 Å². The summed E-state index contributed by atoms with van der Waals surface area (Å²) in [6.45, 7) is 6.02. The maximum absolute atomic E-state index is 11.8. The van der Waals surface area contributed by atoms with Crippen LogP contribution >= 0.6 is 0 Å². The van der Waals surface area contributed by atoms with Gasteiger partial charge in [-0.15, -0.1) is 0 Å². The fourth-order valence-electron chi connectivity index (χ4n) is 2.14. The number of hydrogen-bond donors (Lipinski definition) is 0. The maximum Gasteiger partial charge on any atom is 0.311 e. The molecule has 0 aromatic heterocycles. The Morgan fingerprint density at radius 1 is 1.28 bits per heavy atom. The molecule has 0 saturated carbocycles. The van der Waals surface area contributed by atoms with Gasteiger partial charge in [0.05, 0.1) is 12.5 Å². The van der Waals surface area contributed by atoms with Crippen LogP contribution in [0.3, 0.4) is 0 Å². The van der Waals surface area contributed by atoms with Gasteiger partial charge in [-0.05, 0) is 12.8 Å². The smallest absolute Gasteiger partial charge is 0.311 e. The monoisotopic (exact) mass is 255 g/mol. The molecule has 1 fully saturated rings. The van der Waals surface area contributed by atoms with Crippen molar-refractivity contribution in [1.29, 1.82) is 0 Å². The van der Waals surface area contributed by atoms with E-state index in [1.54, 1.807) is 4.90 Å². The van der Waals surface area contributed by atoms with E-state index in [-0.39, 0.29) is 17.8 Å². The minimum absolute atomic E-state index is 0.0963. The number of nitrogens with zero attached hydrogens (tertiary/aromatic N) is 1. The van der Waals surface area contributed by atoms with E-state index in [2.05, 4.69) is 13.8 Å². The number of ether oxygens (including phenoxy) is 1. The van der Waals surface area contributed by atoms with Gasteiger partial charge in [0.2, 0.25) is 5.91 Å². The van der Waals surface area contributed by atoms with Gasteiger partial charge in [0, 0.05) is 19.5 Å². The van der Waals surface area contributed by atoms with Crippen LogP contribution in [0.4, 0.5) is 0 Å². The Balaban J connectivity index is 2.26. The van der Waals surface area contributed by atoms with Crippen molar-refractivity contribution in [2.75, 3.05) is 19.7 Å². The SMILES string of the molecule is CCCCCOC(=O)C1CC(=O)N(CCCC)C1. The van der Waals surface area contributed by atoms with Crippen molar-refractivity contribution < 1.29 is 14.3 Å². The zero-order valence-electron chi connectivity index (χ0n) is 11.6. The number of unbranched alkanes of at least 4 members (excludes halogenated alkanes) is 3. The molecule has 104 valence electrons. The molecule has 18 heavy (non-hydrogen) atoms. The number of likely N-dealkylation sites (tertiary alicyclic amines) is 1. The Labute approximate surface area is 110 Å². The summed E-state index contributed by atoms with van der Waals surface area (Å²) in [5, 5.41) is 0. The third kappa shape index (κ3) is 4.67. The standard InChI is InChI=1S/C14H25NO3/c1-3-5-7-9-18-14(17)12-10-13(16)15(11-12)8-6-4-2/h12H,3-11H2,1-2H3. The maximum atomic E-state index is 11.8. The number of amides is 1. The van der Waals surface area contributed by atoms with Crippen LogP contribution in [0.25, 0.3) is 0 Å². The van der Waals surface area contributed by atoms with Crippen molar-refractivity contribution in [1.82, 2.24) is 4.90 Å². The lowest BCUT2D eigenvalue weighted by Crippen LogP contribution is -2.27. The van der Waals surface area contributed by atoms with Gasteiger partial charge >= 0.3 is 5.97 Å². The van der Waals surface area contributed by atoms with Crippen molar-refractivity contribution in [3.8, 4) is 0 Å². The molecule has 1 unspecified atom stereocenters. The lowest BCUT2D eigenvalue weighted by molar-refractivity contribution is -0.148. The van der Waals surface area contributed by atoms with Crippen LogP contribution in [0, 0.1) is 5.92 Å². The molecule has 1 aliphatic rings. The van der Waals surface area contributed by atoms with Gasteiger partial charge in [-0.3, -0.25) is 9.59 Å². The van der Waals surface area contributed by atoms with Crippen molar-refractivity contribution >= 4 is 11.9 Å². The number of hydrogen-bond acceptors (Lipinski definition) is 3. The summed E-state index contributed by atoms with van der Waals surface area (Å²) in [7, 11) is 0. The van der Waals surface area contributed by atoms with E-state index >= 15 is 0 Å². The normalized spacial score (nSPS) is 19.3. The van der Waals surface area contributed by atoms with Crippen molar-refractivity contribution in [2.45, 2.75) is 52.4 Å². The van der Waals surface area contributed by atoms with Crippen LogP contribution in [0.5, 0.6) is 0 Å². The highest BCUT2D eigenvalue weighted by Crippen LogP contribution is 2.19. The van der Waals surface area contributed by atoms with Crippen LogP contribution in [0.15, 0.2) is 0 Å². The fourth-order valence-corrected chi connectivity index (χ4v) is 2.14. The summed E-state index contributed by atoms with van der Waals surface area (Å²) in [5.74, 6) is -0.339. The second-order valence-corrected chi connectivity index (χ2v) is 4.97. The molecule has 4 nitrogen and oxygen atoms in total. The predicted molar refractivity (Wildman–Crippen MR) is 70.1 cm³/mol. The second-order valence-electron chi connectivity index (χ2n) is 4.97. The molecule has 0 aromatic rings. The molecule has 0 spiro atoms. The molecule has 4 heteroatoms. The Morgan fingerprint density at radius 3 is 2.67 bits per heavy atom. The molecular formula is C14H25NO3. The first kappa shape index (κ1) is 15.0. The topological polar surface area (TPSA) is 46.6 Å². The second kappa shape index (κ2) is 8.11. The summed E-state index contributed by atoms with van der Waals surface area (Å²) in [6.07, 6.45) is 5.52. The highest BCUT2D eigenvalue weighted by molar-refractivity contribution is 5.86. The zero-order valence-corrected chi connectivity index (χ0v) is 11.6. The summed E-state index contributed by atoms with van der Waals surface area (Å²) in [5.41, 5.74) is 0. The lowest BCUT2D eigenvalue weighted by atomic mass is 10.1. The van der Waals surface area contributed by atoms with E-state index in [9.17, 15) is 9.59 Å². The van der Waals surface area contributed by atoms with E-state index in [4.69, 9.17) is 4.74 Å². The molecule has 0 aromatic carbocycles. The number of carbonyl (C=O) groups is 2. The third-order valence-electron chi connectivity index (χ3n) is 3.32. The molecule has 0 aliphatic carbocycles. The summed E-state index contributed by atoms with van der Waals surface area (Å²) < 4.78 is 5.21. The molecule has 1 aliphatic heterocycles. The van der Waals surface area contributed by atoms with E-state index < -0.39 is 0 Å². The van der Waals surface area contributed by atoms with Gasteiger partial charge in [-0.2, -0.15) is 0 Å². The van der Waals surface area contributed by atoms with Gasteiger partial charge in [-0.1, -0.05) is 33.1 Å². The minimum Gasteiger partial charge on any atom is -0.465 e. The highest BCUT2D eigenvalue weighted by atomic mass is 16.5. The largest absolute Gasteiger partial charge is 0.465 e. The van der Waals surface area contributed by atoms with Crippen molar-refractivity contribution in [2.24, 2.45) is 5.92 Å². The van der Waals surface area contributed by atoms with Crippen LogP contribution < -0.4 is 0 Å². The Kier molecular flexibility index (Phi) is 6.76. The van der Waals surface area contributed by atoms with Gasteiger partial charge in [-0.25, -0.2) is 0 Å². The van der Waals surface area contributed by atoms with Crippen LogP contribution in [0.2, 0.25) is 0 Å². The zero-order chi connectivity index (χ0) is 13.4. The molecule has 0 bridgehead atoms. The number of rotatable bonds is 8. The van der Waals surface area contributed by atoms with Crippen LogP contribution in [0.1, 0.15) is 52.4 Å². The Hall–Kier alpha value is -1.06. The summed E-state index contributed by atoms with van der Waals surface area (Å²) in [6, 6.07) is 0. The lowest BCUT2D eigenvalue weighted by Gasteiger charge is -2.15. The molecule has 1 atom stereocenters.